The summed E-state index contributed by atoms with van der Waals surface area (Å²) >= 11 is 5.94. The molecule has 0 unspecified atom stereocenters. The van der Waals surface area contributed by atoms with Crippen molar-refractivity contribution in [3.63, 3.8) is 0 Å². The molecule has 1 aliphatic rings. The molecule has 96 valence electrons. The van der Waals surface area contributed by atoms with Gasteiger partial charge in [0, 0.05) is 13.1 Å². The molecule has 0 radical (unpaired) electrons. The van der Waals surface area contributed by atoms with Crippen molar-refractivity contribution in [3.8, 4) is 0 Å². The zero-order valence-corrected chi connectivity index (χ0v) is 11.1. The summed E-state index contributed by atoms with van der Waals surface area (Å²) in [5, 5.41) is 3.74. The highest BCUT2D eigenvalue weighted by Gasteiger charge is 2.17. The van der Waals surface area contributed by atoms with E-state index >= 15 is 0 Å². The molecule has 1 aliphatic carbocycles. The molecule has 0 aliphatic heterocycles. The predicted molar refractivity (Wildman–Crippen MR) is 71.8 cm³/mol. The molecular formula is C12H16ClN5. The number of hydrogen-bond donors (Lipinski definition) is 1. The van der Waals surface area contributed by atoms with E-state index in [1.807, 2.05) is 11.6 Å². The lowest BCUT2D eigenvalue weighted by Gasteiger charge is -2.23. The van der Waals surface area contributed by atoms with E-state index in [1.165, 1.54) is 32.1 Å². The lowest BCUT2D eigenvalue weighted by atomic mass is 9.95. The van der Waals surface area contributed by atoms with Crippen LogP contribution in [-0.4, -0.2) is 25.6 Å². The number of aryl methyl sites for hydroxylation is 1. The van der Waals surface area contributed by atoms with Gasteiger partial charge < -0.3 is 9.88 Å². The standard InChI is InChI=1S/C12H16ClN5/c1-18-7-14-10-9(18)11(17-12(13)16-10)15-8-5-3-2-4-6-8/h7-8H,2-6H2,1H3,(H,15,16,17). The Morgan fingerprint density at radius 2 is 2.06 bits per heavy atom. The van der Waals surface area contributed by atoms with Crippen LogP contribution in [0.2, 0.25) is 5.28 Å². The summed E-state index contributed by atoms with van der Waals surface area (Å²) in [6.07, 6.45) is 8.03. The van der Waals surface area contributed by atoms with Crippen LogP contribution in [0, 0.1) is 0 Å². The van der Waals surface area contributed by atoms with Gasteiger partial charge in [0.15, 0.2) is 11.5 Å². The van der Waals surface area contributed by atoms with Crippen molar-refractivity contribution >= 4 is 28.6 Å². The second kappa shape index (κ2) is 4.72. The van der Waals surface area contributed by atoms with E-state index < -0.39 is 0 Å². The SMILES string of the molecule is Cn1cnc2nc(Cl)nc(NC3CCCCC3)c21. The normalized spacial score (nSPS) is 17.2. The van der Waals surface area contributed by atoms with Gasteiger partial charge in [-0.3, -0.25) is 0 Å². The zero-order chi connectivity index (χ0) is 12.5. The average molecular weight is 266 g/mol. The second-order valence-electron chi connectivity index (χ2n) is 4.85. The molecule has 6 heteroatoms. The third-order valence-corrected chi connectivity index (χ3v) is 3.66. The number of anilines is 1. The molecule has 0 bridgehead atoms. The highest BCUT2D eigenvalue weighted by Crippen LogP contribution is 2.25. The van der Waals surface area contributed by atoms with Crippen molar-refractivity contribution in [3.05, 3.63) is 11.6 Å². The molecule has 1 fully saturated rings. The molecule has 2 aromatic heterocycles. The first-order valence-corrected chi connectivity index (χ1v) is 6.73. The number of hydrogen-bond acceptors (Lipinski definition) is 4. The summed E-state index contributed by atoms with van der Waals surface area (Å²) in [5.41, 5.74) is 1.57. The van der Waals surface area contributed by atoms with Crippen molar-refractivity contribution in [2.45, 2.75) is 38.1 Å². The van der Waals surface area contributed by atoms with Gasteiger partial charge in [0.05, 0.1) is 6.33 Å². The van der Waals surface area contributed by atoms with Gasteiger partial charge in [0.1, 0.15) is 5.52 Å². The highest BCUT2D eigenvalue weighted by atomic mass is 35.5. The van der Waals surface area contributed by atoms with Gasteiger partial charge in [0.2, 0.25) is 5.28 Å². The van der Waals surface area contributed by atoms with Gasteiger partial charge in [-0.25, -0.2) is 4.98 Å². The Kier molecular flexibility index (Phi) is 3.07. The Morgan fingerprint density at radius 1 is 1.28 bits per heavy atom. The third kappa shape index (κ3) is 2.14. The fourth-order valence-electron chi connectivity index (χ4n) is 2.57. The van der Waals surface area contributed by atoms with E-state index in [2.05, 4.69) is 20.3 Å². The lowest BCUT2D eigenvalue weighted by Crippen LogP contribution is -2.23. The van der Waals surface area contributed by atoms with Crippen LogP contribution in [0.3, 0.4) is 0 Å². The van der Waals surface area contributed by atoms with Crippen LogP contribution in [0.15, 0.2) is 6.33 Å². The fourth-order valence-corrected chi connectivity index (χ4v) is 2.74. The van der Waals surface area contributed by atoms with Crippen molar-refractivity contribution in [2.24, 2.45) is 7.05 Å². The zero-order valence-electron chi connectivity index (χ0n) is 10.4. The second-order valence-corrected chi connectivity index (χ2v) is 5.19. The Bertz CT molecular complexity index is 559. The van der Waals surface area contributed by atoms with Crippen LogP contribution in [0.1, 0.15) is 32.1 Å². The number of aromatic nitrogens is 4. The van der Waals surface area contributed by atoms with Gasteiger partial charge in [-0.15, -0.1) is 0 Å². The molecule has 2 heterocycles. The van der Waals surface area contributed by atoms with Crippen molar-refractivity contribution in [2.75, 3.05) is 5.32 Å². The maximum Gasteiger partial charge on any atom is 0.226 e. The first-order chi connectivity index (χ1) is 8.74. The molecule has 1 saturated carbocycles. The number of fused-ring (bicyclic) bond motifs is 1. The largest absolute Gasteiger partial charge is 0.365 e. The van der Waals surface area contributed by atoms with Gasteiger partial charge in [0.25, 0.3) is 0 Å². The van der Waals surface area contributed by atoms with Crippen molar-refractivity contribution in [1.29, 1.82) is 0 Å². The van der Waals surface area contributed by atoms with Crippen LogP contribution < -0.4 is 5.32 Å². The summed E-state index contributed by atoms with van der Waals surface area (Å²) in [6.45, 7) is 0. The van der Waals surface area contributed by atoms with Crippen LogP contribution in [0.4, 0.5) is 5.82 Å². The minimum absolute atomic E-state index is 0.250. The molecule has 5 nitrogen and oxygen atoms in total. The number of nitrogens with one attached hydrogen (secondary N) is 1. The molecule has 1 N–H and O–H groups in total. The number of imidazole rings is 1. The van der Waals surface area contributed by atoms with E-state index in [0.29, 0.717) is 11.7 Å². The topological polar surface area (TPSA) is 55.6 Å². The maximum absolute atomic E-state index is 5.94. The molecule has 3 rings (SSSR count). The lowest BCUT2D eigenvalue weighted by molar-refractivity contribution is 0.462. The predicted octanol–water partition coefficient (Wildman–Crippen LogP) is 2.76. The summed E-state index contributed by atoms with van der Waals surface area (Å²) < 4.78 is 1.93. The first kappa shape index (κ1) is 11.7. The highest BCUT2D eigenvalue weighted by molar-refractivity contribution is 6.28. The van der Waals surface area contributed by atoms with Gasteiger partial charge >= 0.3 is 0 Å². The third-order valence-electron chi connectivity index (χ3n) is 3.49. The molecule has 0 aromatic carbocycles. The van der Waals surface area contributed by atoms with E-state index in [1.54, 1.807) is 6.33 Å². The van der Waals surface area contributed by atoms with E-state index in [-0.39, 0.29) is 5.28 Å². The number of rotatable bonds is 2. The van der Waals surface area contributed by atoms with Crippen molar-refractivity contribution in [1.82, 2.24) is 19.5 Å². The molecule has 0 saturated heterocycles. The Hall–Kier alpha value is -1.36. The summed E-state index contributed by atoms with van der Waals surface area (Å²) in [6, 6.07) is 0.489. The maximum atomic E-state index is 5.94. The van der Waals surface area contributed by atoms with Crippen LogP contribution in [0.5, 0.6) is 0 Å². The first-order valence-electron chi connectivity index (χ1n) is 6.35. The van der Waals surface area contributed by atoms with Crippen LogP contribution >= 0.6 is 11.6 Å². The van der Waals surface area contributed by atoms with E-state index in [9.17, 15) is 0 Å². The molecular weight excluding hydrogens is 250 g/mol. The molecule has 0 amide bonds. The number of nitrogens with zero attached hydrogens (tertiary/aromatic N) is 4. The Balaban J connectivity index is 1.96. The summed E-state index contributed by atoms with van der Waals surface area (Å²) in [4.78, 5) is 12.7. The average Bonchev–Trinajstić information content (AvgIpc) is 2.72. The minimum atomic E-state index is 0.250. The Labute approximate surface area is 111 Å². The van der Waals surface area contributed by atoms with Gasteiger partial charge in [-0.2, -0.15) is 9.97 Å². The minimum Gasteiger partial charge on any atom is -0.365 e. The summed E-state index contributed by atoms with van der Waals surface area (Å²) in [7, 11) is 1.94. The quantitative estimate of drug-likeness (QED) is 0.849. The van der Waals surface area contributed by atoms with Gasteiger partial charge in [-0.1, -0.05) is 19.3 Å². The molecule has 0 spiro atoms. The smallest absolute Gasteiger partial charge is 0.226 e. The molecule has 2 aromatic rings. The monoisotopic (exact) mass is 265 g/mol. The van der Waals surface area contributed by atoms with Gasteiger partial charge in [-0.05, 0) is 24.4 Å². The number of halogens is 1. The van der Waals surface area contributed by atoms with Crippen molar-refractivity contribution < 1.29 is 0 Å². The van der Waals surface area contributed by atoms with Crippen LogP contribution in [0.25, 0.3) is 11.2 Å². The van der Waals surface area contributed by atoms with E-state index in [0.717, 1.165) is 11.3 Å². The molecule has 0 atom stereocenters. The van der Waals surface area contributed by atoms with E-state index in [4.69, 9.17) is 11.6 Å². The van der Waals surface area contributed by atoms with Crippen LogP contribution in [-0.2, 0) is 7.05 Å². The Morgan fingerprint density at radius 3 is 2.83 bits per heavy atom. The fraction of sp³-hybridized carbons (Fsp3) is 0.583. The molecule has 18 heavy (non-hydrogen) atoms. The summed E-state index contributed by atoms with van der Waals surface area (Å²) in [5.74, 6) is 0.803.